The van der Waals surface area contributed by atoms with Gasteiger partial charge in [0.25, 0.3) is 11.7 Å². The standard InChI is InChI=1S/C12H11BrN2O3/c1-15(2)12(18)11(17)6-5-14-10-7(13)3-4-8(16)9(6)10/h3-5,14,16H,1-2H3. The van der Waals surface area contributed by atoms with E-state index < -0.39 is 11.7 Å². The van der Waals surface area contributed by atoms with Crippen LogP contribution in [0.4, 0.5) is 0 Å². The number of amides is 1. The van der Waals surface area contributed by atoms with Crippen LogP contribution in [0.5, 0.6) is 5.75 Å². The largest absolute Gasteiger partial charge is 0.507 e. The van der Waals surface area contributed by atoms with Gasteiger partial charge in [0.1, 0.15) is 5.75 Å². The van der Waals surface area contributed by atoms with Crippen LogP contribution >= 0.6 is 15.9 Å². The van der Waals surface area contributed by atoms with Gasteiger partial charge in [0.2, 0.25) is 0 Å². The second-order valence-corrected chi connectivity index (χ2v) is 4.90. The third-order valence-electron chi connectivity index (χ3n) is 2.61. The minimum atomic E-state index is -0.653. The zero-order valence-corrected chi connectivity index (χ0v) is 11.4. The highest BCUT2D eigenvalue weighted by molar-refractivity contribution is 9.10. The fraction of sp³-hybridized carbons (Fsp3) is 0.167. The lowest BCUT2D eigenvalue weighted by Gasteiger charge is -2.08. The topological polar surface area (TPSA) is 73.4 Å². The number of carbonyl (C=O) groups excluding carboxylic acids is 2. The van der Waals surface area contributed by atoms with Gasteiger partial charge in [-0.1, -0.05) is 0 Å². The molecule has 0 saturated heterocycles. The van der Waals surface area contributed by atoms with Gasteiger partial charge in [-0.3, -0.25) is 9.59 Å². The first-order valence-electron chi connectivity index (χ1n) is 5.18. The number of aromatic nitrogens is 1. The average molecular weight is 311 g/mol. The molecule has 1 aromatic heterocycles. The first kappa shape index (κ1) is 12.6. The van der Waals surface area contributed by atoms with Gasteiger partial charge in [0, 0.05) is 24.8 Å². The van der Waals surface area contributed by atoms with Crippen LogP contribution in [0.2, 0.25) is 0 Å². The number of fused-ring (bicyclic) bond motifs is 1. The number of nitrogens with zero attached hydrogens (tertiary/aromatic N) is 1. The molecule has 2 N–H and O–H groups in total. The van der Waals surface area contributed by atoms with Crippen molar-refractivity contribution in [1.82, 2.24) is 9.88 Å². The van der Waals surface area contributed by atoms with E-state index in [0.29, 0.717) is 15.4 Å². The average Bonchev–Trinajstić information content (AvgIpc) is 2.77. The van der Waals surface area contributed by atoms with E-state index in [1.165, 1.54) is 31.3 Å². The summed E-state index contributed by atoms with van der Waals surface area (Å²) in [5, 5.41) is 10.2. The van der Waals surface area contributed by atoms with E-state index in [4.69, 9.17) is 0 Å². The third-order valence-corrected chi connectivity index (χ3v) is 3.27. The molecular weight excluding hydrogens is 300 g/mol. The van der Waals surface area contributed by atoms with Gasteiger partial charge in [-0.2, -0.15) is 0 Å². The van der Waals surface area contributed by atoms with E-state index in [1.54, 1.807) is 6.07 Å². The number of aromatic amines is 1. The first-order valence-corrected chi connectivity index (χ1v) is 5.97. The summed E-state index contributed by atoms with van der Waals surface area (Å²) >= 11 is 3.31. The number of halogens is 1. The van der Waals surface area contributed by atoms with Gasteiger partial charge < -0.3 is 15.0 Å². The number of hydrogen-bond acceptors (Lipinski definition) is 3. The van der Waals surface area contributed by atoms with Gasteiger partial charge in [-0.05, 0) is 28.1 Å². The van der Waals surface area contributed by atoms with E-state index in [9.17, 15) is 14.7 Å². The SMILES string of the molecule is CN(C)C(=O)C(=O)c1c[nH]c2c(Br)ccc(O)c12. The molecule has 1 aromatic carbocycles. The van der Waals surface area contributed by atoms with Crippen LogP contribution in [0.25, 0.3) is 10.9 Å². The predicted octanol–water partition coefficient (Wildman–Crippen LogP) is 1.91. The number of aromatic hydroxyl groups is 1. The Bertz CT molecular complexity index is 646. The van der Waals surface area contributed by atoms with Crippen molar-refractivity contribution < 1.29 is 14.7 Å². The van der Waals surface area contributed by atoms with Crippen molar-refractivity contribution in [1.29, 1.82) is 0 Å². The summed E-state index contributed by atoms with van der Waals surface area (Å²) in [6, 6.07) is 3.13. The fourth-order valence-electron chi connectivity index (χ4n) is 1.69. The molecule has 0 aliphatic rings. The van der Waals surface area contributed by atoms with Crippen molar-refractivity contribution in [3.05, 3.63) is 28.4 Å². The molecule has 2 aromatic rings. The molecule has 0 atom stereocenters. The maximum Gasteiger partial charge on any atom is 0.294 e. The number of nitrogens with one attached hydrogen (secondary N) is 1. The Morgan fingerprint density at radius 2 is 2.00 bits per heavy atom. The van der Waals surface area contributed by atoms with E-state index in [-0.39, 0.29) is 11.3 Å². The van der Waals surface area contributed by atoms with Gasteiger partial charge >= 0.3 is 0 Å². The lowest BCUT2D eigenvalue weighted by Crippen LogP contribution is -2.29. The number of phenols is 1. The van der Waals surface area contributed by atoms with Crippen LogP contribution in [0.15, 0.2) is 22.8 Å². The molecular formula is C12H11BrN2O3. The molecule has 0 saturated carbocycles. The van der Waals surface area contributed by atoms with Gasteiger partial charge in [0.05, 0.1) is 16.5 Å². The van der Waals surface area contributed by atoms with Crippen LogP contribution in [-0.4, -0.2) is 40.8 Å². The lowest BCUT2D eigenvalue weighted by atomic mass is 10.1. The summed E-state index contributed by atoms with van der Waals surface area (Å²) < 4.78 is 0.714. The smallest absolute Gasteiger partial charge is 0.294 e. The van der Waals surface area contributed by atoms with E-state index >= 15 is 0 Å². The van der Waals surface area contributed by atoms with Crippen molar-refractivity contribution in [3.8, 4) is 5.75 Å². The van der Waals surface area contributed by atoms with Crippen LogP contribution in [0.3, 0.4) is 0 Å². The van der Waals surface area contributed by atoms with E-state index in [2.05, 4.69) is 20.9 Å². The highest BCUT2D eigenvalue weighted by Crippen LogP contribution is 2.33. The van der Waals surface area contributed by atoms with Crippen molar-refractivity contribution in [2.75, 3.05) is 14.1 Å². The highest BCUT2D eigenvalue weighted by Gasteiger charge is 2.23. The Hall–Kier alpha value is -1.82. The molecule has 0 bridgehead atoms. The Morgan fingerprint density at radius 1 is 1.33 bits per heavy atom. The number of H-pyrrole nitrogens is 1. The summed E-state index contributed by atoms with van der Waals surface area (Å²) in [4.78, 5) is 27.7. The Morgan fingerprint density at radius 3 is 2.61 bits per heavy atom. The maximum atomic E-state index is 12.0. The zero-order valence-electron chi connectivity index (χ0n) is 9.82. The number of phenolic OH excluding ortho intramolecular Hbond substituents is 1. The monoisotopic (exact) mass is 310 g/mol. The number of ketones is 1. The Balaban J connectivity index is 2.63. The molecule has 0 fully saturated rings. The van der Waals surface area contributed by atoms with E-state index in [0.717, 1.165) is 0 Å². The molecule has 2 rings (SSSR count). The molecule has 94 valence electrons. The number of benzene rings is 1. The van der Waals surface area contributed by atoms with Gasteiger partial charge in [0.15, 0.2) is 0 Å². The summed E-state index contributed by atoms with van der Waals surface area (Å²) in [6.45, 7) is 0. The quantitative estimate of drug-likeness (QED) is 0.657. The number of likely N-dealkylation sites (N-methyl/N-ethyl adjacent to an activating group) is 1. The molecule has 6 heteroatoms. The van der Waals surface area contributed by atoms with Crippen molar-refractivity contribution >= 4 is 38.5 Å². The molecule has 0 radical (unpaired) electrons. The van der Waals surface area contributed by atoms with Gasteiger partial charge in [-0.15, -0.1) is 0 Å². The summed E-state index contributed by atoms with van der Waals surface area (Å²) in [5.74, 6) is -1.32. The van der Waals surface area contributed by atoms with Crippen LogP contribution < -0.4 is 0 Å². The second kappa shape index (κ2) is 4.45. The molecule has 0 spiro atoms. The second-order valence-electron chi connectivity index (χ2n) is 4.05. The first-order chi connectivity index (χ1) is 8.43. The lowest BCUT2D eigenvalue weighted by molar-refractivity contribution is -0.124. The summed E-state index contributed by atoms with van der Waals surface area (Å²) in [5.41, 5.74) is 0.757. The summed E-state index contributed by atoms with van der Waals surface area (Å²) in [6.07, 6.45) is 1.43. The normalized spacial score (nSPS) is 10.6. The number of rotatable bonds is 2. The molecule has 1 amide bonds. The number of carbonyl (C=O) groups is 2. The minimum absolute atomic E-state index is 0.0376. The minimum Gasteiger partial charge on any atom is -0.507 e. The molecule has 0 aliphatic carbocycles. The summed E-state index contributed by atoms with van der Waals surface area (Å²) in [7, 11) is 3.01. The molecule has 5 nitrogen and oxygen atoms in total. The predicted molar refractivity (Wildman–Crippen MR) is 70.7 cm³/mol. The van der Waals surface area contributed by atoms with Crippen LogP contribution in [0, 0.1) is 0 Å². The van der Waals surface area contributed by atoms with Crippen LogP contribution in [-0.2, 0) is 4.79 Å². The Labute approximate surface area is 112 Å². The molecule has 0 aliphatic heterocycles. The van der Waals surface area contributed by atoms with Crippen molar-refractivity contribution in [3.63, 3.8) is 0 Å². The maximum absolute atomic E-state index is 12.0. The fourth-order valence-corrected chi connectivity index (χ4v) is 2.14. The van der Waals surface area contributed by atoms with Gasteiger partial charge in [-0.25, -0.2) is 0 Å². The molecule has 1 heterocycles. The van der Waals surface area contributed by atoms with E-state index in [1.807, 2.05) is 0 Å². The zero-order chi connectivity index (χ0) is 13.4. The van der Waals surface area contributed by atoms with Crippen molar-refractivity contribution in [2.45, 2.75) is 0 Å². The molecule has 18 heavy (non-hydrogen) atoms. The Kier molecular flexibility index (Phi) is 3.13. The molecule has 0 unspecified atom stereocenters. The number of Topliss-reactive ketones (excluding diaryl/α,β-unsaturated/α-hetero) is 1. The highest BCUT2D eigenvalue weighted by atomic mass is 79.9. The number of hydrogen-bond donors (Lipinski definition) is 2. The van der Waals surface area contributed by atoms with Crippen LogP contribution in [0.1, 0.15) is 10.4 Å². The third kappa shape index (κ3) is 1.88. The van der Waals surface area contributed by atoms with Crippen molar-refractivity contribution in [2.24, 2.45) is 0 Å².